The van der Waals surface area contributed by atoms with Crippen molar-refractivity contribution in [2.45, 2.75) is 56.9 Å². The van der Waals surface area contributed by atoms with E-state index in [-0.39, 0.29) is 0 Å². The Kier molecular flexibility index (Phi) is 2.64. The van der Waals surface area contributed by atoms with Crippen LogP contribution in [0.1, 0.15) is 68.6 Å². The van der Waals surface area contributed by atoms with Crippen molar-refractivity contribution in [3.05, 3.63) is 11.7 Å². The van der Waals surface area contributed by atoms with Crippen molar-refractivity contribution in [3.8, 4) is 0 Å². The van der Waals surface area contributed by atoms with Gasteiger partial charge in [0.1, 0.15) is 0 Å². The van der Waals surface area contributed by atoms with Gasteiger partial charge < -0.3 is 9.84 Å². The molecule has 0 spiro atoms. The number of nitrogens with one attached hydrogen (secondary N) is 1. The third-order valence-corrected chi connectivity index (χ3v) is 5.14. The largest absolute Gasteiger partial charge is 0.338 e. The predicted molar refractivity (Wildman–Crippen MR) is 67.1 cm³/mol. The number of fused-ring (bicyclic) bond motifs is 2. The van der Waals surface area contributed by atoms with Crippen LogP contribution in [0, 0.1) is 11.8 Å². The van der Waals surface area contributed by atoms with Gasteiger partial charge in [0, 0.05) is 5.92 Å². The molecule has 2 aliphatic carbocycles. The van der Waals surface area contributed by atoms with Gasteiger partial charge >= 0.3 is 0 Å². The van der Waals surface area contributed by atoms with Gasteiger partial charge in [-0.25, -0.2) is 0 Å². The van der Waals surface area contributed by atoms with Crippen LogP contribution >= 0.6 is 0 Å². The Morgan fingerprint density at radius 2 is 2.11 bits per heavy atom. The first kappa shape index (κ1) is 11.0. The Morgan fingerprint density at radius 1 is 1.11 bits per heavy atom. The fraction of sp³-hybridized carbons (Fsp3) is 0.857. The van der Waals surface area contributed by atoms with Crippen LogP contribution in [-0.2, 0) is 0 Å². The molecule has 0 aromatic carbocycles. The monoisotopic (exact) mass is 247 g/mol. The SMILES string of the molecule is C1CCC(c2nc(C3CC4CCC3C4)no2)NC1. The molecule has 1 aliphatic heterocycles. The van der Waals surface area contributed by atoms with Gasteiger partial charge in [0.05, 0.1) is 6.04 Å². The maximum absolute atomic E-state index is 5.50. The molecule has 2 saturated carbocycles. The van der Waals surface area contributed by atoms with E-state index in [4.69, 9.17) is 9.51 Å². The first-order chi connectivity index (χ1) is 8.90. The van der Waals surface area contributed by atoms with E-state index in [1.165, 1.54) is 38.5 Å². The van der Waals surface area contributed by atoms with Gasteiger partial charge in [0.2, 0.25) is 5.89 Å². The van der Waals surface area contributed by atoms with Crippen molar-refractivity contribution in [2.75, 3.05) is 6.54 Å². The maximum Gasteiger partial charge on any atom is 0.243 e. The molecule has 3 fully saturated rings. The zero-order chi connectivity index (χ0) is 11.9. The minimum atomic E-state index is 0.304. The second-order valence-electron chi connectivity index (χ2n) is 6.27. The third kappa shape index (κ3) is 1.78. The number of hydrogen-bond acceptors (Lipinski definition) is 4. The minimum absolute atomic E-state index is 0.304. The van der Waals surface area contributed by atoms with Crippen molar-refractivity contribution in [1.82, 2.24) is 15.5 Å². The molecule has 4 unspecified atom stereocenters. The van der Waals surface area contributed by atoms with E-state index in [2.05, 4.69) is 10.5 Å². The first-order valence-electron chi connectivity index (χ1n) is 7.47. The van der Waals surface area contributed by atoms with Gasteiger partial charge in [0.15, 0.2) is 5.82 Å². The van der Waals surface area contributed by atoms with E-state index in [0.717, 1.165) is 36.5 Å². The third-order valence-electron chi connectivity index (χ3n) is 5.14. The summed E-state index contributed by atoms with van der Waals surface area (Å²) in [6.07, 6.45) is 9.17. The highest BCUT2D eigenvalue weighted by Crippen LogP contribution is 2.52. The number of nitrogens with zero attached hydrogens (tertiary/aromatic N) is 2. The normalized spacial score (nSPS) is 39.3. The summed E-state index contributed by atoms with van der Waals surface area (Å²) in [6, 6.07) is 0.304. The molecule has 1 aromatic heterocycles. The minimum Gasteiger partial charge on any atom is -0.338 e. The smallest absolute Gasteiger partial charge is 0.243 e. The Hall–Kier alpha value is -0.900. The average Bonchev–Trinajstić information content (AvgIpc) is 3.15. The van der Waals surface area contributed by atoms with Crippen molar-refractivity contribution in [1.29, 1.82) is 0 Å². The summed E-state index contributed by atoms with van der Waals surface area (Å²) >= 11 is 0. The van der Waals surface area contributed by atoms with Crippen LogP contribution in [0.15, 0.2) is 4.52 Å². The standard InChI is InChI=1S/C14H21N3O/c1-2-6-15-12(3-1)14-16-13(17-18-14)11-8-9-4-5-10(11)7-9/h9-12,15H,1-8H2. The predicted octanol–water partition coefficient (Wildman–Crippen LogP) is 2.79. The van der Waals surface area contributed by atoms with Gasteiger partial charge in [-0.1, -0.05) is 18.0 Å². The van der Waals surface area contributed by atoms with Crippen LogP contribution in [0.3, 0.4) is 0 Å². The molecule has 4 nitrogen and oxygen atoms in total. The molecule has 4 rings (SSSR count). The van der Waals surface area contributed by atoms with Gasteiger partial charge in [0.25, 0.3) is 0 Å². The van der Waals surface area contributed by atoms with Gasteiger partial charge in [-0.05, 0) is 50.5 Å². The molecule has 2 heterocycles. The molecule has 0 radical (unpaired) electrons. The first-order valence-corrected chi connectivity index (χ1v) is 7.47. The summed E-state index contributed by atoms with van der Waals surface area (Å²) in [4.78, 5) is 4.69. The summed E-state index contributed by atoms with van der Waals surface area (Å²) in [7, 11) is 0. The summed E-state index contributed by atoms with van der Waals surface area (Å²) in [5.74, 6) is 4.18. The number of hydrogen-bond donors (Lipinski definition) is 1. The average molecular weight is 247 g/mol. The summed E-state index contributed by atoms with van der Waals surface area (Å²) < 4.78 is 5.50. The lowest BCUT2D eigenvalue weighted by molar-refractivity contribution is 0.293. The number of aromatic nitrogens is 2. The molecule has 1 saturated heterocycles. The fourth-order valence-electron chi connectivity index (χ4n) is 4.16. The molecule has 4 heteroatoms. The van der Waals surface area contributed by atoms with Gasteiger partial charge in [-0.2, -0.15) is 4.98 Å². The molecule has 98 valence electrons. The van der Waals surface area contributed by atoms with Crippen LogP contribution in [0.2, 0.25) is 0 Å². The van der Waals surface area contributed by atoms with Crippen molar-refractivity contribution in [2.24, 2.45) is 11.8 Å². The molecule has 3 aliphatic rings. The van der Waals surface area contributed by atoms with Crippen LogP contribution in [0.5, 0.6) is 0 Å². The van der Waals surface area contributed by atoms with Crippen molar-refractivity contribution in [3.63, 3.8) is 0 Å². The fourth-order valence-corrected chi connectivity index (χ4v) is 4.16. The van der Waals surface area contributed by atoms with E-state index >= 15 is 0 Å². The zero-order valence-electron chi connectivity index (χ0n) is 10.8. The van der Waals surface area contributed by atoms with E-state index < -0.39 is 0 Å². The Bertz CT molecular complexity index is 424. The van der Waals surface area contributed by atoms with E-state index in [1.807, 2.05) is 0 Å². The number of rotatable bonds is 2. The van der Waals surface area contributed by atoms with Crippen molar-refractivity contribution < 1.29 is 4.52 Å². The Labute approximate surface area is 108 Å². The lowest BCUT2D eigenvalue weighted by Gasteiger charge is -2.20. The molecule has 0 amide bonds. The second kappa shape index (κ2) is 4.34. The second-order valence-corrected chi connectivity index (χ2v) is 6.27. The highest BCUT2D eigenvalue weighted by Gasteiger charge is 2.42. The van der Waals surface area contributed by atoms with Gasteiger partial charge in [-0.15, -0.1) is 0 Å². The quantitative estimate of drug-likeness (QED) is 0.873. The molecule has 1 N–H and O–H groups in total. The molecular formula is C14H21N3O. The molecule has 4 atom stereocenters. The van der Waals surface area contributed by atoms with E-state index in [9.17, 15) is 0 Å². The van der Waals surface area contributed by atoms with Crippen LogP contribution in [-0.4, -0.2) is 16.7 Å². The van der Waals surface area contributed by atoms with Crippen LogP contribution in [0.4, 0.5) is 0 Å². The zero-order valence-corrected chi connectivity index (χ0v) is 10.8. The van der Waals surface area contributed by atoms with E-state index in [1.54, 1.807) is 0 Å². The highest BCUT2D eigenvalue weighted by molar-refractivity contribution is 5.07. The number of piperidine rings is 1. The van der Waals surface area contributed by atoms with Crippen molar-refractivity contribution >= 4 is 0 Å². The maximum atomic E-state index is 5.50. The molecular weight excluding hydrogens is 226 g/mol. The molecule has 2 bridgehead atoms. The van der Waals surface area contributed by atoms with Gasteiger partial charge in [-0.3, -0.25) is 0 Å². The van der Waals surface area contributed by atoms with E-state index in [0.29, 0.717) is 12.0 Å². The summed E-state index contributed by atoms with van der Waals surface area (Å²) in [5, 5.41) is 7.74. The Balaban J connectivity index is 1.51. The lowest BCUT2D eigenvalue weighted by Crippen LogP contribution is -2.27. The topological polar surface area (TPSA) is 51.0 Å². The highest BCUT2D eigenvalue weighted by atomic mass is 16.5. The molecule has 1 aromatic rings. The lowest BCUT2D eigenvalue weighted by atomic mass is 9.88. The van der Waals surface area contributed by atoms with Crippen LogP contribution in [0.25, 0.3) is 0 Å². The molecule has 18 heavy (non-hydrogen) atoms. The Morgan fingerprint density at radius 3 is 2.83 bits per heavy atom. The van der Waals surface area contributed by atoms with Crippen LogP contribution < -0.4 is 5.32 Å². The summed E-state index contributed by atoms with van der Waals surface area (Å²) in [5.41, 5.74) is 0. The summed E-state index contributed by atoms with van der Waals surface area (Å²) in [6.45, 7) is 1.08.